The molecule has 3 heterocycles. The average Bonchev–Trinajstić information content (AvgIpc) is 3.09. The smallest absolute Gasteiger partial charge is 0.229 e. The van der Waals surface area contributed by atoms with Crippen molar-refractivity contribution in [3.63, 3.8) is 0 Å². The summed E-state index contributed by atoms with van der Waals surface area (Å²) in [4.78, 5) is 18.3. The molecular formula is C16H19N5O3. The Balaban J connectivity index is 1.70. The van der Waals surface area contributed by atoms with E-state index in [2.05, 4.69) is 26.4 Å². The third-order valence-corrected chi connectivity index (χ3v) is 4.45. The largest absolute Gasteiger partial charge is 0.496 e. The van der Waals surface area contributed by atoms with Gasteiger partial charge in [0.25, 0.3) is 0 Å². The van der Waals surface area contributed by atoms with E-state index >= 15 is 0 Å². The number of nitrogens with one attached hydrogen (secondary N) is 1. The number of anilines is 2. The Morgan fingerprint density at radius 3 is 2.96 bits per heavy atom. The highest BCUT2D eigenvalue weighted by molar-refractivity contribution is 5.91. The van der Waals surface area contributed by atoms with Crippen molar-refractivity contribution in [3.05, 3.63) is 30.1 Å². The lowest BCUT2D eigenvalue weighted by molar-refractivity contribution is -0.117. The number of carbonyl (C=O) groups excluding carboxylic acids is 1. The lowest BCUT2D eigenvalue weighted by Gasteiger charge is -2.30. The van der Waals surface area contributed by atoms with E-state index in [1.165, 1.54) is 6.33 Å². The van der Waals surface area contributed by atoms with E-state index in [-0.39, 0.29) is 11.9 Å². The van der Waals surface area contributed by atoms with Crippen molar-refractivity contribution in [1.82, 2.24) is 14.8 Å². The van der Waals surface area contributed by atoms with Crippen LogP contribution in [-0.4, -0.2) is 54.1 Å². The quantitative estimate of drug-likeness (QED) is 0.907. The molecule has 1 aromatic carbocycles. The number of fused-ring (bicyclic) bond motifs is 1. The third-order valence-electron chi connectivity index (χ3n) is 4.45. The SMILES string of the molecule is COc1cc(N2CCOCC2)ccc1[C@H]1CC(=O)Nc2ncnn21. The molecule has 1 aromatic heterocycles. The minimum Gasteiger partial charge on any atom is -0.496 e. The van der Waals surface area contributed by atoms with Gasteiger partial charge in [-0.05, 0) is 6.07 Å². The molecule has 0 aliphatic carbocycles. The summed E-state index contributed by atoms with van der Waals surface area (Å²) >= 11 is 0. The van der Waals surface area contributed by atoms with Crippen LogP contribution in [0.25, 0.3) is 0 Å². The summed E-state index contributed by atoms with van der Waals surface area (Å²) in [6, 6.07) is 5.87. The first-order valence-corrected chi connectivity index (χ1v) is 7.96. The van der Waals surface area contributed by atoms with Crippen LogP contribution >= 0.6 is 0 Å². The van der Waals surface area contributed by atoms with Gasteiger partial charge in [-0.3, -0.25) is 10.1 Å². The highest BCUT2D eigenvalue weighted by Crippen LogP contribution is 2.36. The standard InChI is InChI=1S/C16H19N5O3/c1-23-14-8-11(20-4-6-24-7-5-20)2-3-12(14)13-9-15(22)19-16-17-10-18-21(13)16/h2-3,8,10,13H,4-7,9H2,1H3,(H,17,18,19,22)/t13-/m1/s1. The normalized spacial score (nSPS) is 20.5. The van der Waals surface area contributed by atoms with Crippen molar-refractivity contribution in [2.45, 2.75) is 12.5 Å². The van der Waals surface area contributed by atoms with Crippen molar-refractivity contribution in [2.24, 2.45) is 0 Å². The van der Waals surface area contributed by atoms with Gasteiger partial charge in [0.05, 0.1) is 32.8 Å². The molecule has 1 N–H and O–H groups in total. The molecule has 1 amide bonds. The zero-order valence-electron chi connectivity index (χ0n) is 13.4. The molecule has 0 unspecified atom stereocenters. The minimum atomic E-state index is -0.218. The maximum absolute atomic E-state index is 12.0. The second kappa shape index (κ2) is 6.12. The number of methoxy groups -OCH3 is 1. The van der Waals surface area contributed by atoms with Crippen LogP contribution in [0.3, 0.4) is 0 Å². The Labute approximate surface area is 139 Å². The van der Waals surface area contributed by atoms with Crippen LogP contribution in [0.4, 0.5) is 11.6 Å². The van der Waals surface area contributed by atoms with Gasteiger partial charge in [-0.15, -0.1) is 0 Å². The number of morpholine rings is 1. The Morgan fingerprint density at radius 2 is 2.17 bits per heavy atom. The molecule has 2 aromatic rings. The van der Waals surface area contributed by atoms with Crippen LogP contribution < -0.4 is 15.0 Å². The number of nitrogens with zero attached hydrogens (tertiary/aromatic N) is 4. The number of carbonyl (C=O) groups is 1. The van der Waals surface area contributed by atoms with Gasteiger partial charge >= 0.3 is 0 Å². The Bertz CT molecular complexity index is 754. The van der Waals surface area contributed by atoms with E-state index in [9.17, 15) is 4.79 Å². The Kier molecular flexibility index (Phi) is 3.81. The molecule has 126 valence electrons. The summed E-state index contributed by atoms with van der Waals surface area (Å²) in [5.41, 5.74) is 2.02. The van der Waals surface area contributed by atoms with Crippen LogP contribution in [0.2, 0.25) is 0 Å². The maximum atomic E-state index is 12.0. The minimum absolute atomic E-state index is 0.0696. The zero-order valence-corrected chi connectivity index (χ0v) is 13.4. The van der Waals surface area contributed by atoms with Crippen LogP contribution in [0.15, 0.2) is 24.5 Å². The van der Waals surface area contributed by atoms with E-state index in [1.54, 1.807) is 11.8 Å². The number of amides is 1. The van der Waals surface area contributed by atoms with Gasteiger partial charge < -0.3 is 14.4 Å². The summed E-state index contributed by atoms with van der Waals surface area (Å²) in [6.07, 6.45) is 1.76. The van der Waals surface area contributed by atoms with Gasteiger partial charge in [-0.1, -0.05) is 6.07 Å². The van der Waals surface area contributed by atoms with Gasteiger partial charge in [0.1, 0.15) is 12.1 Å². The fourth-order valence-electron chi connectivity index (χ4n) is 3.24. The van der Waals surface area contributed by atoms with Crippen molar-refractivity contribution in [3.8, 4) is 5.75 Å². The van der Waals surface area contributed by atoms with E-state index in [0.717, 1.165) is 43.3 Å². The van der Waals surface area contributed by atoms with Crippen molar-refractivity contribution in [2.75, 3.05) is 43.6 Å². The number of hydrogen-bond donors (Lipinski definition) is 1. The molecule has 24 heavy (non-hydrogen) atoms. The van der Waals surface area contributed by atoms with Gasteiger partial charge in [-0.25, -0.2) is 4.68 Å². The number of benzene rings is 1. The summed E-state index contributed by atoms with van der Waals surface area (Å²) in [5.74, 6) is 1.15. The summed E-state index contributed by atoms with van der Waals surface area (Å²) in [5, 5.41) is 6.97. The number of aromatic nitrogens is 3. The molecule has 0 radical (unpaired) electrons. The molecule has 1 atom stereocenters. The Hall–Kier alpha value is -2.61. The highest BCUT2D eigenvalue weighted by Gasteiger charge is 2.30. The highest BCUT2D eigenvalue weighted by atomic mass is 16.5. The summed E-state index contributed by atoms with van der Waals surface area (Å²) < 4.78 is 12.7. The summed E-state index contributed by atoms with van der Waals surface area (Å²) in [6.45, 7) is 3.19. The molecule has 0 spiro atoms. The lowest BCUT2D eigenvalue weighted by Crippen LogP contribution is -2.36. The van der Waals surface area contributed by atoms with Crippen molar-refractivity contribution >= 4 is 17.5 Å². The number of hydrogen-bond acceptors (Lipinski definition) is 6. The molecule has 4 rings (SSSR count). The molecule has 2 aliphatic heterocycles. The first kappa shape index (κ1) is 14.9. The number of ether oxygens (including phenoxy) is 2. The number of rotatable bonds is 3. The topological polar surface area (TPSA) is 81.5 Å². The third kappa shape index (κ3) is 2.58. The fourth-order valence-corrected chi connectivity index (χ4v) is 3.24. The first-order chi connectivity index (χ1) is 11.8. The molecule has 1 saturated heterocycles. The van der Waals surface area contributed by atoms with E-state index < -0.39 is 0 Å². The molecule has 0 bridgehead atoms. The average molecular weight is 329 g/mol. The molecule has 1 fully saturated rings. The zero-order chi connectivity index (χ0) is 16.5. The van der Waals surface area contributed by atoms with E-state index in [4.69, 9.17) is 9.47 Å². The van der Waals surface area contributed by atoms with Gasteiger partial charge in [-0.2, -0.15) is 10.1 Å². The van der Waals surface area contributed by atoms with Crippen molar-refractivity contribution < 1.29 is 14.3 Å². The van der Waals surface area contributed by atoms with Gasteiger partial charge in [0, 0.05) is 30.4 Å². The van der Waals surface area contributed by atoms with E-state index in [1.807, 2.05) is 12.1 Å². The molecule has 8 nitrogen and oxygen atoms in total. The predicted molar refractivity (Wildman–Crippen MR) is 87.4 cm³/mol. The maximum Gasteiger partial charge on any atom is 0.229 e. The molecular weight excluding hydrogens is 310 g/mol. The molecule has 2 aliphatic rings. The second-order valence-electron chi connectivity index (χ2n) is 5.82. The molecule has 8 heteroatoms. The first-order valence-electron chi connectivity index (χ1n) is 7.96. The van der Waals surface area contributed by atoms with Gasteiger partial charge in [0.2, 0.25) is 11.9 Å². The predicted octanol–water partition coefficient (Wildman–Crippen LogP) is 1.05. The monoisotopic (exact) mass is 329 g/mol. The van der Waals surface area contributed by atoms with E-state index in [0.29, 0.717) is 12.4 Å². The van der Waals surface area contributed by atoms with Crippen LogP contribution in [0.1, 0.15) is 18.0 Å². The second-order valence-corrected chi connectivity index (χ2v) is 5.82. The molecule has 0 saturated carbocycles. The Morgan fingerprint density at radius 1 is 1.33 bits per heavy atom. The fraction of sp³-hybridized carbons (Fsp3) is 0.438. The van der Waals surface area contributed by atoms with Crippen LogP contribution in [-0.2, 0) is 9.53 Å². The van der Waals surface area contributed by atoms with Crippen LogP contribution in [0, 0.1) is 0 Å². The van der Waals surface area contributed by atoms with Crippen molar-refractivity contribution in [1.29, 1.82) is 0 Å². The van der Waals surface area contributed by atoms with Crippen LogP contribution in [0.5, 0.6) is 5.75 Å². The lowest BCUT2D eigenvalue weighted by atomic mass is 10.0. The van der Waals surface area contributed by atoms with Gasteiger partial charge in [0.15, 0.2) is 0 Å². The summed E-state index contributed by atoms with van der Waals surface area (Å²) in [7, 11) is 1.65.